The molecule has 0 aliphatic carbocycles. The van der Waals surface area contributed by atoms with Crippen LogP contribution in [0.3, 0.4) is 0 Å². The number of rotatable bonds is 6. The summed E-state index contributed by atoms with van der Waals surface area (Å²) in [6, 6.07) is 7.74. The largest absolute Gasteiger partial charge is 0.380 e. The molecule has 1 aromatic rings. The van der Waals surface area contributed by atoms with Gasteiger partial charge in [0.05, 0.1) is 6.61 Å². The van der Waals surface area contributed by atoms with Gasteiger partial charge in [-0.3, -0.25) is 4.99 Å². The molecule has 0 atom stereocenters. The number of hydrogen-bond acceptors (Lipinski definition) is 2. The Morgan fingerprint density at radius 1 is 1.26 bits per heavy atom. The maximum atomic E-state index is 5.83. The molecular formula is C13H21ClIN3O. The monoisotopic (exact) mass is 397 g/mol. The molecule has 4 nitrogen and oxygen atoms in total. The van der Waals surface area contributed by atoms with E-state index in [1.165, 1.54) is 0 Å². The third-order valence-electron chi connectivity index (χ3n) is 2.34. The van der Waals surface area contributed by atoms with Crippen LogP contribution in [0, 0.1) is 0 Å². The Hall–Kier alpha value is -0.530. The molecule has 0 aliphatic rings. The molecule has 0 bridgehead atoms. The van der Waals surface area contributed by atoms with E-state index in [4.69, 9.17) is 16.3 Å². The molecule has 0 heterocycles. The maximum absolute atomic E-state index is 5.83. The Morgan fingerprint density at radius 3 is 2.53 bits per heavy atom. The van der Waals surface area contributed by atoms with Crippen LogP contribution in [0.1, 0.15) is 12.5 Å². The van der Waals surface area contributed by atoms with Gasteiger partial charge in [-0.2, -0.15) is 0 Å². The van der Waals surface area contributed by atoms with Gasteiger partial charge >= 0.3 is 0 Å². The normalized spacial score (nSPS) is 10.8. The zero-order chi connectivity index (χ0) is 13.2. The number of aliphatic imine (C=N–C) groups is 1. The van der Waals surface area contributed by atoms with E-state index in [1.807, 2.05) is 31.2 Å². The smallest absolute Gasteiger partial charge is 0.191 e. The molecule has 0 unspecified atom stereocenters. The Labute approximate surface area is 137 Å². The van der Waals surface area contributed by atoms with Crippen molar-refractivity contribution in [2.45, 2.75) is 13.5 Å². The second kappa shape index (κ2) is 11.3. The molecule has 2 N–H and O–H groups in total. The number of nitrogens with zero attached hydrogens (tertiary/aromatic N) is 1. The summed E-state index contributed by atoms with van der Waals surface area (Å²) in [5.74, 6) is 0.768. The molecule has 0 saturated carbocycles. The van der Waals surface area contributed by atoms with E-state index >= 15 is 0 Å². The first kappa shape index (κ1) is 18.5. The zero-order valence-electron chi connectivity index (χ0n) is 11.3. The maximum Gasteiger partial charge on any atom is 0.191 e. The standard InChI is InChI=1S/C13H20ClN3O.HI/c1-3-18-9-8-16-13(15-2)17-10-11-4-6-12(14)7-5-11;/h4-7H,3,8-10H2,1-2H3,(H2,15,16,17);1H. The van der Waals surface area contributed by atoms with Gasteiger partial charge in [-0.1, -0.05) is 23.7 Å². The van der Waals surface area contributed by atoms with E-state index in [-0.39, 0.29) is 24.0 Å². The minimum Gasteiger partial charge on any atom is -0.380 e. The summed E-state index contributed by atoms with van der Waals surface area (Å²) < 4.78 is 5.24. The lowest BCUT2D eigenvalue weighted by molar-refractivity contribution is 0.152. The van der Waals surface area contributed by atoms with Gasteiger partial charge in [0.2, 0.25) is 0 Å². The van der Waals surface area contributed by atoms with E-state index < -0.39 is 0 Å². The molecule has 0 aliphatic heterocycles. The Balaban J connectivity index is 0.00000324. The summed E-state index contributed by atoms with van der Waals surface area (Å²) >= 11 is 5.83. The number of nitrogens with one attached hydrogen (secondary N) is 2. The van der Waals surface area contributed by atoms with E-state index in [0.29, 0.717) is 13.2 Å². The predicted octanol–water partition coefficient (Wildman–Crippen LogP) is 2.66. The number of halogens is 2. The molecule has 0 saturated heterocycles. The fourth-order valence-electron chi connectivity index (χ4n) is 1.39. The van der Waals surface area contributed by atoms with E-state index in [2.05, 4.69) is 15.6 Å². The highest BCUT2D eigenvalue weighted by molar-refractivity contribution is 14.0. The van der Waals surface area contributed by atoms with Crippen LogP contribution in [0.4, 0.5) is 0 Å². The first-order valence-electron chi connectivity index (χ1n) is 6.03. The lowest BCUT2D eigenvalue weighted by Gasteiger charge is -2.11. The van der Waals surface area contributed by atoms with Gasteiger partial charge in [-0.15, -0.1) is 24.0 Å². The minimum atomic E-state index is 0. The predicted molar refractivity (Wildman–Crippen MR) is 91.6 cm³/mol. The summed E-state index contributed by atoms with van der Waals surface area (Å²) in [7, 11) is 1.75. The van der Waals surface area contributed by atoms with Crippen LogP contribution in [-0.2, 0) is 11.3 Å². The van der Waals surface area contributed by atoms with Crippen molar-refractivity contribution in [1.82, 2.24) is 10.6 Å². The Morgan fingerprint density at radius 2 is 1.95 bits per heavy atom. The van der Waals surface area contributed by atoms with Crippen molar-refractivity contribution in [3.8, 4) is 0 Å². The molecule has 0 aromatic heterocycles. The van der Waals surface area contributed by atoms with Crippen LogP contribution in [-0.4, -0.2) is 32.8 Å². The minimum absolute atomic E-state index is 0. The van der Waals surface area contributed by atoms with Crippen LogP contribution in [0.25, 0.3) is 0 Å². The molecule has 0 spiro atoms. The summed E-state index contributed by atoms with van der Waals surface area (Å²) in [6.45, 7) is 4.85. The highest BCUT2D eigenvalue weighted by atomic mass is 127. The lowest BCUT2D eigenvalue weighted by atomic mass is 10.2. The van der Waals surface area contributed by atoms with Crippen molar-refractivity contribution in [2.24, 2.45) is 4.99 Å². The molecule has 0 radical (unpaired) electrons. The van der Waals surface area contributed by atoms with Crippen molar-refractivity contribution in [3.05, 3.63) is 34.9 Å². The van der Waals surface area contributed by atoms with Crippen molar-refractivity contribution in [3.63, 3.8) is 0 Å². The van der Waals surface area contributed by atoms with Crippen LogP contribution in [0.15, 0.2) is 29.3 Å². The fourth-order valence-corrected chi connectivity index (χ4v) is 1.52. The van der Waals surface area contributed by atoms with Crippen LogP contribution < -0.4 is 10.6 Å². The molecule has 0 fully saturated rings. The zero-order valence-corrected chi connectivity index (χ0v) is 14.4. The van der Waals surface area contributed by atoms with Gasteiger partial charge in [-0.25, -0.2) is 0 Å². The van der Waals surface area contributed by atoms with E-state index in [1.54, 1.807) is 7.05 Å². The van der Waals surface area contributed by atoms with E-state index in [0.717, 1.165) is 29.7 Å². The van der Waals surface area contributed by atoms with Gasteiger partial charge in [0.1, 0.15) is 0 Å². The Bertz CT molecular complexity index is 371. The molecule has 0 amide bonds. The number of hydrogen-bond donors (Lipinski definition) is 2. The van der Waals surface area contributed by atoms with Gasteiger partial charge in [0.25, 0.3) is 0 Å². The average Bonchev–Trinajstić information content (AvgIpc) is 2.40. The summed E-state index contributed by atoms with van der Waals surface area (Å²) in [5.41, 5.74) is 1.16. The molecule has 108 valence electrons. The first-order chi connectivity index (χ1) is 8.76. The summed E-state index contributed by atoms with van der Waals surface area (Å²) in [6.07, 6.45) is 0. The van der Waals surface area contributed by atoms with Crippen LogP contribution in [0.5, 0.6) is 0 Å². The average molecular weight is 398 g/mol. The first-order valence-corrected chi connectivity index (χ1v) is 6.40. The molecule has 1 aromatic carbocycles. The van der Waals surface area contributed by atoms with Crippen molar-refractivity contribution < 1.29 is 4.74 Å². The molecule has 19 heavy (non-hydrogen) atoms. The number of benzene rings is 1. The number of guanidine groups is 1. The van der Waals surface area contributed by atoms with Gasteiger partial charge < -0.3 is 15.4 Å². The highest BCUT2D eigenvalue weighted by Crippen LogP contribution is 2.08. The summed E-state index contributed by atoms with van der Waals surface area (Å²) in [5, 5.41) is 7.14. The number of ether oxygens (including phenoxy) is 1. The van der Waals surface area contributed by atoms with Crippen LogP contribution >= 0.6 is 35.6 Å². The topological polar surface area (TPSA) is 45.6 Å². The second-order valence-corrected chi connectivity index (χ2v) is 4.11. The third kappa shape index (κ3) is 8.28. The highest BCUT2D eigenvalue weighted by Gasteiger charge is 1.97. The fraction of sp³-hybridized carbons (Fsp3) is 0.462. The van der Waals surface area contributed by atoms with Crippen molar-refractivity contribution in [1.29, 1.82) is 0 Å². The van der Waals surface area contributed by atoms with E-state index in [9.17, 15) is 0 Å². The van der Waals surface area contributed by atoms with Crippen LogP contribution in [0.2, 0.25) is 5.02 Å². The molecule has 6 heteroatoms. The van der Waals surface area contributed by atoms with Crippen molar-refractivity contribution in [2.75, 3.05) is 26.8 Å². The quantitative estimate of drug-likeness (QED) is 0.336. The lowest BCUT2D eigenvalue weighted by Crippen LogP contribution is -2.38. The van der Waals surface area contributed by atoms with Crippen molar-refractivity contribution >= 4 is 41.5 Å². The SMILES string of the molecule is CCOCCNC(=NC)NCc1ccc(Cl)cc1.I. The Kier molecular flexibility index (Phi) is 11.0. The third-order valence-corrected chi connectivity index (χ3v) is 2.59. The molecular weight excluding hydrogens is 377 g/mol. The van der Waals surface area contributed by atoms with Gasteiger partial charge in [-0.05, 0) is 24.6 Å². The second-order valence-electron chi connectivity index (χ2n) is 3.68. The molecule has 1 rings (SSSR count). The van der Waals surface area contributed by atoms with Gasteiger partial charge in [0.15, 0.2) is 5.96 Å². The van der Waals surface area contributed by atoms with Gasteiger partial charge in [0, 0.05) is 31.8 Å². The summed E-state index contributed by atoms with van der Waals surface area (Å²) in [4.78, 5) is 4.13.